The van der Waals surface area contributed by atoms with Crippen molar-refractivity contribution in [1.29, 1.82) is 0 Å². The van der Waals surface area contributed by atoms with Crippen LogP contribution in [0.3, 0.4) is 0 Å². The molecule has 0 aromatic heterocycles. The molecule has 0 rings (SSSR count). The zero-order chi connectivity index (χ0) is 12.9. The lowest BCUT2D eigenvalue weighted by Gasteiger charge is -2.29. The average Bonchev–Trinajstić information content (AvgIpc) is 2.35. The molecule has 0 N–H and O–H groups in total. The fourth-order valence-electron chi connectivity index (χ4n) is 2.00. The van der Waals surface area contributed by atoms with Crippen LogP contribution in [0.4, 0.5) is 0 Å². The highest BCUT2D eigenvalue weighted by molar-refractivity contribution is 9.09. The van der Waals surface area contributed by atoms with Crippen molar-refractivity contribution < 1.29 is 9.47 Å². The molecule has 3 nitrogen and oxygen atoms in total. The third kappa shape index (κ3) is 9.00. The minimum absolute atomic E-state index is 0.692. The minimum Gasteiger partial charge on any atom is -0.382 e. The number of ether oxygens (including phenoxy) is 2. The van der Waals surface area contributed by atoms with Crippen molar-refractivity contribution in [3.05, 3.63) is 0 Å². The highest BCUT2D eigenvalue weighted by atomic mass is 79.9. The smallest absolute Gasteiger partial charge is 0.0700 e. The van der Waals surface area contributed by atoms with Gasteiger partial charge in [-0.05, 0) is 19.3 Å². The van der Waals surface area contributed by atoms with Crippen LogP contribution in [0.1, 0.15) is 33.1 Å². The van der Waals surface area contributed by atoms with Gasteiger partial charge in [-0.3, -0.25) is 4.90 Å². The molecule has 104 valence electrons. The van der Waals surface area contributed by atoms with Crippen LogP contribution in [0.5, 0.6) is 0 Å². The third-order valence-corrected chi connectivity index (χ3v) is 3.35. The van der Waals surface area contributed by atoms with Crippen molar-refractivity contribution in [2.75, 3.05) is 45.4 Å². The number of rotatable bonds is 12. The second-order valence-corrected chi connectivity index (χ2v) is 4.95. The maximum Gasteiger partial charge on any atom is 0.0700 e. The predicted molar refractivity (Wildman–Crippen MR) is 77.0 cm³/mol. The molecule has 0 saturated carbocycles. The molecule has 0 saturated heterocycles. The molecule has 17 heavy (non-hydrogen) atoms. The normalized spacial score (nSPS) is 11.6. The molecule has 0 aliphatic carbocycles. The van der Waals surface area contributed by atoms with Crippen LogP contribution in [0, 0.1) is 0 Å². The molecule has 4 heteroatoms. The van der Waals surface area contributed by atoms with E-state index in [1.165, 1.54) is 12.8 Å². The maximum atomic E-state index is 5.49. The van der Waals surface area contributed by atoms with Crippen LogP contribution in [0.15, 0.2) is 0 Å². The first-order chi connectivity index (χ1) is 8.29. The second-order valence-electron chi connectivity index (χ2n) is 4.15. The summed E-state index contributed by atoms with van der Waals surface area (Å²) < 4.78 is 10.4. The maximum absolute atomic E-state index is 5.49. The summed E-state index contributed by atoms with van der Waals surface area (Å²) in [7, 11) is 1.70. The summed E-state index contributed by atoms with van der Waals surface area (Å²) in [4.78, 5) is 2.56. The number of halogens is 1. The van der Waals surface area contributed by atoms with Gasteiger partial charge in [-0.25, -0.2) is 0 Å². The summed E-state index contributed by atoms with van der Waals surface area (Å²) in [6.07, 6.45) is 3.56. The van der Waals surface area contributed by atoms with E-state index in [-0.39, 0.29) is 0 Å². The van der Waals surface area contributed by atoms with E-state index in [9.17, 15) is 0 Å². The van der Waals surface area contributed by atoms with Gasteiger partial charge in [0.15, 0.2) is 0 Å². The Morgan fingerprint density at radius 1 is 1.06 bits per heavy atom. The van der Waals surface area contributed by atoms with Gasteiger partial charge in [-0.15, -0.1) is 0 Å². The predicted octanol–water partition coefficient (Wildman–Crippen LogP) is 2.93. The number of hydrogen-bond acceptors (Lipinski definition) is 3. The number of hydrogen-bond donors (Lipinski definition) is 0. The van der Waals surface area contributed by atoms with Gasteiger partial charge in [-0.2, -0.15) is 0 Å². The molecular formula is C13H28BrNO2. The third-order valence-electron chi connectivity index (χ3n) is 3.00. The van der Waals surface area contributed by atoms with E-state index < -0.39 is 0 Å². The zero-order valence-electron chi connectivity index (χ0n) is 11.6. The molecule has 0 bridgehead atoms. The van der Waals surface area contributed by atoms with Crippen LogP contribution in [-0.2, 0) is 9.47 Å². The molecule has 0 aliphatic heterocycles. The Morgan fingerprint density at radius 3 is 2.29 bits per heavy atom. The standard InChI is InChI=1S/C13H28BrNO2/c1-4-13(5-2)15(9-7-14)8-6-10-17-12-11-16-3/h13H,4-12H2,1-3H3. The molecule has 0 aliphatic rings. The van der Waals surface area contributed by atoms with Crippen LogP contribution >= 0.6 is 15.9 Å². The number of alkyl halides is 1. The molecule has 0 atom stereocenters. The largest absolute Gasteiger partial charge is 0.382 e. The Kier molecular flexibility index (Phi) is 13.1. The summed E-state index contributed by atoms with van der Waals surface area (Å²) in [5, 5.41) is 1.05. The van der Waals surface area contributed by atoms with Crippen LogP contribution in [0.25, 0.3) is 0 Å². The molecule has 0 heterocycles. The molecule has 0 amide bonds. The van der Waals surface area contributed by atoms with Crippen molar-refractivity contribution >= 4 is 15.9 Å². The minimum atomic E-state index is 0.692. The highest BCUT2D eigenvalue weighted by Gasteiger charge is 2.13. The Labute approximate surface area is 115 Å². The number of nitrogens with zero attached hydrogens (tertiary/aromatic N) is 1. The fourth-order valence-corrected chi connectivity index (χ4v) is 2.46. The van der Waals surface area contributed by atoms with E-state index in [1.54, 1.807) is 7.11 Å². The van der Waals surface area contributed by atoms with E-state index in [1.807, 2.05) is 0 Å². The monoisotopic (exact) mass is 309 g/mol. The SMILES string of the molecule is CCC(CC)N(CCBr)CCCOCCOC. The van der Waals surface area contributed by atoms with Crippen LogP contribution in [0.2, 0.25) is 0 Å². The van der Waals surface area contributed by atoms with E-state index in [2.05, 4.69) is 34.7 Å². The summed E-state index contributed by atoms with van der Waals surface area (Å²) in [5.41, 5.74) is 0. The van der Waals surface area contributed by atoms with Gasteiger partial charge in [0.05, 0.1) is 13.2 Å². The molecule has 0 unspecified atom stereocenters. The first-order valence-corrected chi connectivity index (χ1v) is 7.78. The van der Waals surface area contributed by atoms with E-state index >= 15 is 0 Å². The van der Waals surface area contributed by atoms with Gasteiger partial charge in [0.1, 0.15) is 0 Å². The molecule has 0 spiro atoms. The quantitative estimate of drug-likeness (QED) is 0.409. The molecule has 0 aromatic rings. The second kappa shape index (κ2) is 12.8. The van der Waals surface area contributed by atoms with E-state index in [0.717, 1.165) is 31.4 Å². The first-order valence-electron chi connectivity index (χ1n) is 6.66. The summed E-state index contributed by atoms with van der Waals surface area (Å²) in [6.45, 7) is 9.03. The molecule has 0 radical (unpaired) electrons. The van der Waals surface area contributed by atoms with Gasteiger partial charge in [0.2, 0.25) is 0 Å². The summed E-state index contributed by atoms with van der Waals surface area (Å²) >= 11 is 3.53. The van der Waals surface area contributed by atoms with E-state index in [4.69, 9.17) is 9.47 Å². The van der Waals surface area contributed by atoms with Crippen LogP contribution in [-0.4, -0.2) is 56.3 Å². The Bertz CT molecular complexity index is 154. The Hall–Kier alpha value is 0.360. The molecular weight excluding hydrogens is 282 g/mol. The van der Waals surface area contributed by atoms with Crippen molar-refractivity contribution in [3.63, 3.8) is 0 Å². The average molecular weight is 310 g/mol. The summed E-state index contributed by atoms with van der Waals surface area (Å²) in [5.74, 6) is 0. The van der Waals surface area contributed by atoms with Gasteiger partial charge >= 0.3 is 0 Å². The van der Waals surface area contributed by atoms with Crippen molar-refractivity contribution in [2.24, 2.45) is 0 Å². The van der Waals surface area contributed by atoms with Crippen molar-refractivity contribution in [2.45, 2.75) is 39.2 Å². The summed E-state index contributed by atoms with van der Waals surface area (Å²) in [6, 6.07) is 0.714. The number of methoxy groups -OCH3 is 1. The highest BCUT2D eigenvalue weighted by Crippen LogP contribution is 2.09. The van der Waals surface area contributed by atoms with Gasteiger partial charge in [0, 0.05) is 38.2 Å². The van der Waals surface area contributed by atoms with Gasteiger partial charge in [-0.1, -0.05) is 29.8 Å². The van der Waals surface area contributed by atoms with Crippen LogP contribution < -0.4 is 0 Å². The molecule has 0 aromatic carbocycles. The van der Waals surface area contributed by atoms with Crippen molar-refractivity contribution in [1.82, 2.24) is 4.90 Å². The van der Waals surface area contributed by atoms with Gasteiger partial charge < -0.3 is 9.47 Å². The first kappa shape index (κ1) is 17.4. The lowest BCUT2D eigenvalue weighted by atomic mass is 10.1. The zero-order valence-corrected chi connectivity index (χ0v) is 13.2. The van der Waals surface area contributed by atoms with Gasteiger partial charge in [0.25, 0.3) is 0 Å². The van der Waals surface area contributed by atoms with Crippen molar-refractivity contribution in [3.8, 4) is 0 Å². The molecule has 0 fully saturated rings. The Morgan fingerprint density at radius 2 is 1.76 bits per heavy atom. The fraction of sp³-hybridized carbons (Fsp3) is 1.00. The topological polar surface area (TPSA) is 21.7 Å². The Balaban J connectivity index is 3.69. The lowest BCUT2D eigenvalue weighted by Crippen LogP contribution is -2.37. The van der Waals surface area contributed by atoms with E-state index in [0.29, 0.717) is 19.3 Å². The lowest BCUT2D eigenvalue weighted by molar-refractivity contribution is 0.0627.